The minimum Gasteiger partial charge on any atom is -0.504 e. The molecule has 0 aliphatic heterocycles. The maximum Gasteiger partial charge on any atom is 0.176 e. The van der Waals surface area contributed by atoms with E-state index in [1.54, 1.807) is 30.3 Å². The smallest absolute Gasteiger partial charge is 0.176 e. The number of fused-ring (bicyclic) bond motifs is 1. The molecule has 0 atom stereocenters. The van der Waals surface area contributed by atoms with Gasteiger partial charge in [0, 0.05) is 22.1 Å². The second-order valence-electron chi connectivity index (χ2n) is 5.16. The summed E-state index contributed by atoms with van der Waals surface area (Å²) < 4.78 is 16.4. The number of ether oxygens (including phenoxy) is 2. The Kier molecular flexibility index (Phi) is 3.70. The molecule has 0 aliphatic carbocycles. The first-order valence-electron chi connectivity index (χ1n) is 7.02. The van der Waals surface area contributed by atoms with Gasteiger partial charge in [0.1, 0.15) is 12.0 Å². The molecule has 5 nitrogen and oxygen atoms in total. The summed E-state index contributed by atoms with van der Waals surface area (Å²) in [4.78, 5) is 11.1. The van der Waals surface area contributed by atoms with Crippen LogP contribution < -0.4 is 9.47 Å². The van der Waals surface area contributed by atoms with E-state index in [2.05, 4.69) is 0 Å². The highest BCUT2D eigenvalue weighted by molar-refractivity contribution is 5.95. The molecule has 0 fully saturated rings. The maximum absolute atomic E-state index is 11.1. The van der Waals surface area contributed by atoms with E-state index in [1.165, 1.54) is 14.2 Å². The van der Waals surface area contributed by atoms with Gasteiger partial charge in [0.25, 0.3) is 0 Å². The molecule has 3 aromatic rings. The molecule has 0 spiro atoms. The van der Waals surface area contributed by atoms with Crippen LogP contribution >= 0.6 is 0 Å². The van der Waals surface area contributed by atoms with Crippen molar-refractivity contribution in [3.8, 4) is 28.6 Å². The molecule has 0 radical (unpaired) electrons. The number of rotatable bonds is 4. The number of phenolic OH excluding ortho intramolecular Hbond substituents is 1. The summed E-state index contributed by atoms with van der Waals surface area (Å²) in [6.07, 6.45) is 0.775. The predicted octanol–water partition coefficient (Wildman–Crippen LogP) is 3.94. The Labute approximate surface area is 133 Å². The van der Waals surface area contributed by atoms with Crippen molar-refractivity contribution >= 4 is 17.3 Å². The molecule has 23 heavy (non-hydrogen) atoms. The van der Waals surface area contributed by atoms with E-state index in [1.807, 2.05) is 6.92 Å². The molecule has 1 heterocycles. The van der Waals surface area contributed by atoms with E-state index >= 15 is 0 Å². The molecule has 0 unspecified atom stereocenters. The van der Waals surface area contributed by atoms with Gasteiger partial charge >= 0.3 is 0 Å². The van der Waals surface area contributed by atoms with Crippen molar-refractivity contribution in [2.75, 3.05) is 14.2 Å². The number of aryl methyl sites for hydroxylation is 1. The van der Waals surface area contributed by atoms with Crippen LogP contribution in [0.2, 0.25) is 0 Å². The van der Waals surface area contributed by atoms with E-state index in [9.17, 15) is 9.90 Å². The minimum atomic E-state index is 0.0610. The fourth-order valence-electron chi connectivity index (χ4n) is 2.62. The van der Waals surface area contributed by atoms with Gasteiger partial charge in [-0.05, 0) is 37.3 Å². The van der Waals surface area contributed by atoms with Crippen LogP contribution in [0.4, 0.5) is 0 Å². The lowest BCUT2D eigenvalue weighted by Gasteiger charge is -2.05. The molecule has 0 bridgehead atoms. The Morgan fingerprint density at radius 3 is 2.48 bits per heavy atom. The third-order valence-corrected chi connectivity index (χ3v) is 3.82. The lowest BCUT2D eigenvalue weighted by molar-refractivity contribution is 0.112. The Bertz CT molecular complexity index is 892. The second kappa shape index (κ2) is 5.68. The molecule has 0 aliphatic rings. The van der Waals surface area contributed by atoms with Crippen LogP contribution in [0.15, 0.2) is 34.7 Å². The Morgan fingerprint density at radius 1 is 1.09 bits per heavy atom. The van der Waals surface area contributed by atoms with Crippen LogP contribution in [0.25, 0.3) is 22.3 Å². The van der Waals surface area contributed by atoms with E-state index in [4.69, 9.17) is 13.9 Å². The third-order valence-electron chi connectivity index (χ3n) is 3.82. The van der Waals surface area contributed by atoms with Crippen molar-refractivity contribution in [1.82, 2.24) is 0 Å². The lowest BCUT2D eigenvalue weighted by Crippen LogP contribution is -1.87. The fourth-order valence-corrected chi connectivity index (χ4v) is 2.62. The van der Waals surface area contributed by atoms with Crippen molar-refractivity contribution in [1.29, 1.82) is 0 Å². The summed E-state index contributed by atoms with van der Waals surface area (Å²) >= 11 is 0. The lowest BCUT2D eigenvalue weighted by atomic mass is 10.0. The highest BCUT2D eigenvalue weighted by Crippen LogP contribution is 2.40. The monoisotopic (exact) mass is 312 g/mol. The van der Waals surface area contributed by atoms with Crippen molar-refractivity contribution in [2.45, 2.75) is 6.92 Å². The zero-order chi connectivity index (χ0) is 16.6. The summed E-state index contributed by atoms with van der Waals surface area (Å²) in [5, 5.41) is 10.5. The first-order valence-corrected chi connectivity index (χ1v) is 7.02. The molecule has 118 valence electrons. The fraction of sp³-hybridized carbons (Fsp3) is 0.167. The standard InChI is InChI=1S/C18H16O5/c1-10-13-6-11(9-19)7-16(22-3)18(13)23-17(10)12-4-5-14(20)15(8-12)21-2/h4-9,20H,1-3H3. The van der Waals surface area contributed by atoms with E-state index < -0.39 is 0 Å². The summed E-state index contributed by atoms with van der Waals surface area (Å²) in [5.41, 5.74) is 2.75. The number of hydrogen-bond acceptors (Lipinski definition) is 5. The van der Waals surface area contributed by atoms with Crippen LogP contribution in [0.1, 0.15) is 15.9 Å². The van der Waals surface area contributed by atoms with Crippen LogP contribution in [0, 0.1) is 6.92 Å². The SMILES string of the molecule is COc1cc(-c2oc3c(OC)cc(C=O)cc3c2C)ccc1O. The second-order valence-corrected chi connectivity index (χ2v) is 5.16. The highest BCUT2D eigenvalue weighted by atomic mass is 16.5. The van der Waals surface area contributed by atoms with Gasteiger partial charge < -0.3 is 19.0 Å². The first kappa shape index (κ1) is 15.0. The summed E-state index contributed by atoms with van der Waals surface area (Å²) in [7, 11) is 3.02. The quantitative estimate of drug-likeness (QED) is 0.739. The number of carbonyl (C=O) groups excluding carboxylic acids is 1. The molecule has 0 saturated heterocycles. The first-order chi connectivity index (χ1) is 11.1. The van der Waals surface area contributed by atoms with Gasteiger partial charge in [-0.3, -0.25) is 4.79 Å². The number of carbonyl (C=O) groups is 1. The Hall–Kier alpha value is -2.95. The molecule has 2 aromatic carbocycles. The van der Waals surface area contributed by atoms with Crippen LogP contribution in [-0.4, -0.2) is 25.6 Å². The van der Waals surface area contributed by atoms with Crippen LogP contribution in [-0.2, 0) is 0 Å². The average Bonchev–Trinajstić information content (AvgIpc) is 2.91. The molecular formula is C18H16O5. The third kappa shape index (κ3) is 2.40. The van der Waals surface area contributed by atoms with Crippen LogP contribution in [0.5, 0.6) is 17.2 Å². The number of hydrogen-bond donors (Lipinski definition) is 1. The van der Waals surface area contributed by atoms with Crippen LogP contribution in [0.3, 0.4) is 0 Å². The predicted molar refractivity (Wildman–Crippen MR) is 86.5 cm³/mol. The number of furan rings is 1. The zero-order valence-electron chi connectivity index (χ0n) is 13.0. The van der Waals surface area contributed by atoms with Crippen molar-refractivity contribution < 1.29 is 23.8 Å². The minimum absolute atomic E-state index is 0.0610. The molecule has 3 rings (SSSR count). The zero-order valence-corrected chi connectivity index (χ0v) is 13.0. The maximum atomic E-state index is 11.1. The summed E-state index contributed by atoms with van der Waals surface area (Å²) in [5.74, 6) is 1.57. The largest absolute Gasteiger partial charge is 0.504 e. The van der Waals surface area contributed by atoms with Crippen molar-refractivity contribution in [3.63, 3.8) is 0 Å². The van der Waals surface area contributed by atoms with E-state index in [0.29, 0.717) is 28.4 Å². The number of methoxy groups -OCH3 is 2. The number of benzene rings is 2. The highest BCUT2D eigenvalue weighted by Gasteiger charge is 2.18. The van der Waals surface area contributed by atoms with Crippen molar-refractivity contribution in [3.05, 3.63) is 41.5 Å². The molecule has 1 aromatic heterocycles. The molecule has 0 amide bonds. The van der Waals surface area contributed by atoms with Gasteiger partial charge in [0.2, 0.25) is 0 Å². The van der Waals surface area contributed by atoms with Crippen molar-refractivity contribution in [2.24, 2.45) is 0 Å². The molecule has 5 heteroatoms. The number of aromatic hydroxyl groups is 1. The van der Waals surface area contributed by atoms with E-state index in [-0.39, 0.29) is 5.75 Å². The van der Waals surface area contributed by atoms with Gasteiger partial charge in [-0.15, -0.1) is 0 Å². The topological polar surface area (TPSA) is 68.9 Å². The summed E-state index contributed by atoms with van der Waals surface area (Å²) in [6, 6.07) is 8.40. The normalized spacial score (nSPS) is 10.7. The van der Waals surface area contributed by atoms with Gasteiger partial charge in [0.05, 0.1) is 14.2 Å². The number of phenols is 1. The number of aldehydes is 1. The van der Waals surface area contributed by atoms with Gasteiger partial charge in [-0.1, -0.05) is 0 Å². The molecule has 0 saturated carbocycles. The Balaban J connectivity index is 2.27. The van der Waals surface area contributed by atoms with Gasteiger partial charge in [-0.2, -0.15) is 0 Å². The Morgan fingerprint density at radius 2 is 1.83 bits per heavy atom. The molecular weight excluding hydrogens is 296 g/mol. The van der Waals surface area contributed by atoms with E-state index in [0.717, 1.165) is 22.8 Å². The molecule has 1 N–H and O–H groups in total. The van der Waals surface area contributed by atoms with Gasteiger partial charge in [0.15, 0.2) is 22.8 Å². The average molecular weight is 312 g/mol. The summed E-state index contributed by atoms with van der Waals surface area (Å²) in [6.45, 7) is 1.91. The van der Waals surface area contributed by atoms with Gasteiger partial charge in [-0.25, -0.2) is 0 Å².